The Bertz CT molecular complexity index is 189. The van der Waals surface area contributed by atoms with E-state index in [9.17, 15) is 0 Å². The molecule has 3 saturated carbocycles. The summed E-state index contributed by atoms with van der Waals surface area (Å²) in [6.45, 7) is 4.56. The predicted octanol–water partition coefficient (Wildman–Crippen LogP) is 2.34. The summed E-state index contributed by atoms with van der Waals surface area (Å²) in [5.41, 5.74) is 0.764. The average molecular weight is 135 g/mol. The molecule has 0 heterocycles. The highest BCUT2D eigenvalue weighted by atomic mass is 14.7. The molecule has 0 aromatic heterocycles. The summed E-state index contributed by atoms with van der Waals surface area (Å²) < 4.78 is 0. The fourth-order valence-electron chi connectivity index (χ4n) is 2.60. The molecule has 0 radical (unpaired) electrons. The SMILES string of the molecule is CC(C)C12CC(C#N)(C1)C2. The van der Waals surface area contributed by atoms with Crippen molar-refractivity contribution in [3.63, 3.8) is 0 Å². The van der Waals surface area contributed by atoms with Crippen molar-refractivity contribution in [3.8, 4) is 6.07 Å². The lowest BCUT2D eigenvalue weighted by Crippen LogP contribution is -2.63. The van der Waals surface area contributed by atoms with Gasteiger partial charge in [0.25, 0.3) is 0 Å². The minimum Gasteiger partial charge on any atom is -0.198 e. The first-order valence-electron chi connectivity index (χ1n) is 4.04. The lowest BCUT2D eigenvalue weighted by Gasteiger charge is -2.69. The molecule has 0 saturated heterocycles. The molecule has 0 unspecified atom stereocenters. The summed E-state index contributed by atoms with van der Waals surface area (Å²) in [7, 11) is 0. The molecule has 0 atom stereocenters. The van der Waals surface area contributed by atoms with Gasteiger partial charge in [0.2, 0.25) is 0 Å². The van der Waals surface area contributed by atoms with E-state index in [1.165, 1.54) is 19.3 Å². The first-order valence-corrected chi connectivity index (χ1v) is 4.04. The van der Waals surface area contributed by atoms with Gasteiger partial charge in [-0.3, -0.25) is 0 Å². The largest absolute Gasteiger partial charge is 0.198 e. The van der Waals surface area contributed by atoms with E-state index >= 15 is 0 Å². The topological polar surface area (TPSA) is 23.8 Å². The van der Waals surface area contributed by atoms with Gasteiger partial charge in [-0.1, -0.05) is 13.8 Å². The summed E-state index contributed by atoms with van der Waals surface area (Å²) in [5, 5.41) is 8.73. The second-order valence-electron chi connectivity index (χ2n) is 4.44. The van der Waals surface area contributed by atoms with Crippen molar-refractivity contribution in [2.45, 2.75) is 33.1 Å². The van der Waals surface area contributed by atoms with Crippen LogP contribution in [0.25, 0.3) is 0 Å². The second-order valence-corrected chi connectivity index (χ2v) is 4.44. The van der Waals surface area contributed by atoms with Crippen molar-refractivity contribution in [2.75, 3.05) is 0 Å². The van der Waals surface area contributed by atoms with Crippen LogP contribution in [0.1, 0.15) is 33.1 Å². The first-order chi connectivity index (χ1) is 4.63. The normalized spacial score (nSPS) is 49.4. The zero-order chi connectivity index (χ0) is 7.41. The maximum atomic E-state index is 8.73. The van der Waals surface area contributed by atoms with Crippen LogP contribution in [-0.4, -0.2) is 0 Å². The third-order valence-electron chi connectivity index (χ3n) is 3.53. The Morgan fingerprint density at radius 3 is 2.10 bits per heavy atom. The average Bonchev–Trinajstić information content (AvgIpc) is 1.57. The third-order valence-corrected chi connectivity index (χ3v) is 3.53. The Balaban J connectivity index is 2.06. The number of hydrogen-bond acceptors (Lipinski definition) is 1. The van der Waals surface area contributed by atoms with Crippen LogP contribution in [0.4, 0.5) is 0 Å². The molecular formula is C9H13N. The third kappa shape index (κ3) is 0.450. The molecule has 3 fully saturated rings. The highest BCUT2D eigenvalue weighted by Gasteiger charge is 2.69. The molecule has 3 rings (SSSR count). The Kier molecular flexibility index (Phi) is 0.866. The molecule has 3 aliphatic carbocycles. The van der Waals surface area contributed by atoms with Crippen molar-refractivity contribution in [3.05, 3.63) is 0 Å². The molecule has 3 aliphatic rings. The zero-order valence-electron chi connectivity index (χ0n) is 6.65. The number of rotatable bonds is 1. The molecule has 1 nitrogen and oxygen atoms in total. The summed E-state index contributed by atoms with van der Waals surface area (Å²) in [6, 6.07) is 2.42. The highest BCUT2D eigenvalue weighted by Crippen LogP contribution is 2.75. The van der Waals surface area contributed by atoms with E-state index in [1.807, 2.05) is 0 Å². The van der Waals surface area contributed by atoms with Gasteiger partial charge in [-0.05, 0) is 30.6 Å². The van der Waals surface area contributed by atoms with E-state index in [-0.39, 0.29) is 5.41 Å². The molecule has 54 valence electrons. The maximum absolute atomic E-state index is 8.73. The molecule has 0 amide bonds. The molecule has 0 N–H and O–H groups in total. The van der Waals surface area contributed by atoms with E-state index < -0.39 is 0 Å². The van der Waals surface area contributed by atoms with Gasteiger partial charge in [0.15, 0.2) is 0 Å². The summed E-state index contributed by atoms with van der Waals surface area (Å²) in [6.07, 6.45) is 3.57. The lowest BCUT2D eigenvalue weighted by atomic mass is 9.33. The van der Waals surface area contributed by atoms with Crippen LogP contribution in [0.3, 0.4) is 0 Å². The minimum absolute atomic E-state index is 0.157. The molecule has 0 spiro atoms. The molecular weight excluding hydrogens is 122 g/mol. The Hall–Kier alpha value is -0.510. The highest BCUT2D eigenvalue weighted by molar-refractivity contribution is 5.26. The standard InChI is InChI=1S/C9H13N/c1-7(2)9-3-8(4-9,5-9)6-10/h7H,3-5H2,1-2H3. The van der Waals surface area contributed by atoms with Crippen molar-refractivity contribution >= 4 is 0 Å². The van der Waals surface area contributed by atoms with Gasteiger partial charge in [0.1, 0.15) is 0 Å². The van der Waals surface area contributed by atoms with E-state index in [0.717, 1.165) is 5.92 Å². The van der Waals surface area contributed by atoms with E-state index in [1.54, 1.807) is 0 Å². The van der Waals surface area contributed by atoms with Crippen LogP contribution < -0.4 is 0 Å². The van der Waals surface area contributed by atoms with Crippen LogP contribution in [-0.2, 0) is 0 Å². The molecule has 0 aromatic rings. The van der Waals surface area contributed by atoms with E-state index in [2.05, 4.69) is 19.9 Å². The van der Waals surface area contributed by atoms with Gasteiger partial charge in [0, 0.05) is 0 Å². The maximum Gasteiger partial charge on any atom is 0.0690 e. The quantitative estimate of drug-likeness (QED) is 0.541. The van der Waals surface area contributed by atoms with Crippen molar-refractivity contribution in [1.29, 1.82) is 5.26 Å². The van der Waals surface area contributed by atoms with Crippen LogP contribution >= 0.6 is 0 Å². The van der Waals surface area contributed by atoms with E-state index in [0.29, 0.717) is 5.41 Å². The Morgan fingerprint density at radius 1 is 1.30 bits per heavy atom. The van der Waals surface area contributed by atoms with Crippen LogP contribution in [0.15, 0.2) is 0 Å². The lowest BCUT2D eigenvalue weighted by molar-refractivity contribution is -0.192. The predicted molar refractivity (Wildman–Crippen MR) is 39.2 cm³/mol. The number of hydrogen-bond donors (Lipinski definition) is 0. The summed E-state index contributed by atoms with van der Waals surface area (Å²) in [5.74, 6) is 0.794. The molecule has 0 aromatic carbocycles. The molecule has 10 heavy (non-hydrogen) atoms. The van der Waals surface area contributed by atoms with Crippen LogP contribution in [0.2, 0.25) is 0 Å². The first kappa shape index (κ1) is 6.22. The van der Waals surface area contributed by atoms with Crippen molar-refractivity contribution in [1.82, 2.24) is 0 Å². The van der Waals surface area contributed by atoms with Gasteiger partial charge in [-0.25, -0.2) is 0 Å². The van der Waals surface area contributed by atoms with E-state index in [4.69, 9.17) is 5.26 Å². The fraction of sp³-hybridized carbons (Fsp3) is 0.889. The monoisotopic (exact) mass is 135 g/mol. The summed E-state index contributed by atoms with van der Waals surface area (Å²) in [4.78, 5) is 0. The van der Waals surface area contributed by atoms with Crippen molar-refractivity contribution in [2.24, 2.45) is 16.7 Å². The zero-order valence-corrected chi connectivity index (χ0v) is 6.65. The van der Waals surface area contributed by atoms with Gasteiger partial charge in [-0.15, -0.1) is 0 Å². The summed E-state index contributed by atoms with van der Waals surface area (Å²) >= 11 is 0. The smallest absolute Gasteiger partial charge is 0.0690 e. The second kappa shape index (κ2) is 1.39. The Morgan fingerprint density at radius 2 is 1.80 bits per heavy atom. The fourth-order valence-corrected chi connectivity index (χ4v) is 2.60. The van der Waals surface area contributed by atoms with Gasteiger partial charge >= 0.3 is 0 Å². The molecule has 2 bridgehead atoms. The van der Waals surface area contributed by atoms with Gasteiger partial charge in [0.05, 0.1) is 11.5 Å². The Labute approximate surface area is 62.0 Å². The number of nitriles is 1. The number of nitrogens with zero attached hydrogens (tertiary/aromatic N) is 1. The molecule has 1 heteroatoms. The van der Waals surface area contributed by atoms with Crippen LogP contribution in [0, 0.1) is 28.1 Å². The van der Waals surface area contributed by atoms with Crippen molar-refractivity contribution < 1.29 is 0 Å². The minimum atomic E-state index is 0.157. The van der Waals surface area contributed by atoms with Crippen LogP contribution in [0.5, 0.6) is 0 Å². The molecule has 0 aliphatic heterocycles. The van der Waals surface area contributed by atoms with Gasteiger partial charge in [-0.2, -0.15) is 5.26 Å². The van der Waals surface area contributed by atoms with Gasteiger partial charge < -0.3 is 0 Å².